The zero-order valence-corrected chi connectivity index (χ0v) is 6.62. The zero-order chi connectivity index (χ0) is 8.27. The summed E-state index contributed by atoms with van der Waals surface area (Å²) in [5.41, 5.74) is 7.05. The van der Waals surface area contributed by atoms with Crippen LogP contribution in [0.15, 0.2) is 4.99 Å². The van der Waals surface area contributed by atoms with Gasteiger partial charge in [-0.05, 0) is 6.54 Å². The summed E-state index contributed by atoms with van der Waals surface area (Å²) in [6, 6.07) is 0.259. The van der Waals surface area contributed by atoms with Gasteiger partial charge in [-0.2, -0.15) is 0 Å². The SMILES string of the molecule is CCN1CC(N=C(N)NO)C1. The van der Waals surface area contributed by atoms with Gasteiger partial charge in [-0.1, -0.05) is 6.92 Å². The van der Waals surface area contributed by atoms with Crippen LogP contribution in [0.3, 0.4) is 0 Å². The third-order valence-corrected chi connectivity index (χ3v) is 1.82. The smallest absolute Gasteiger partial charge is 0.213 e. The molecule has 1 aliphatic heterocycles. The van der Waals surface area contributed by atoms with E-state index in [4.69, 9.17) is 10.9 Å². The lowest BCUT2D eigenvalue weighted by molar-refractivity contribution is 0.159. The highest BCUT2D eigenvalue weighted by Gasteiger charge is 2.24. The van der Waals surface area contributed by atoms with Gasteiger partial charge in [0.15, 0.2) is 0 Å². The second-order valence-electron chi connectivity index (χ2n) is 2.63. The molecule has 0 saturated carbocycles. The zero-order valence-electron chi connectivity index (χ0n) is 6.62. The second kappa shape index (κ2) is 3.54. The van der Waals surface area contributed by atoms with Gasteiger partial charge in [-0.3, -0.25) is 10.1 Å². The van der Waals surface area contributed by atoms with Crippen molar-refractivity contribution < 1.29 is 5.21 Å². The normalized spacial score (nSPS) is 21.5. The van der Waals surface area contributed by atoms with Crippen LogP contribution in [0.4, 0.5) is 0 Å². The highest BCUT2D eigenvalue weighted by molar-refractivity contribution is 5.76. The summed E-state index contributed by atoms with van der Waals surface area (Å²) in [6.45, 7) is 5.05. The van der Waals surface area contributed by atoms with Gasteiger partial charge >= 0.3 is 0 Å². The molecule has 4 N–H and O–H groups in total. The van der Waals surface area contributed by atoms with Gasteiger partial charge in [0.25, 0.3) is 0 Å². The molecule has 0 aromatic carbocycles. The van der Waals surface area contributed by atoms with E-state index in [9.17, 15) is 0 Å². The van der Waals surface area contributed by atoms with E-state index in [1.54, 1.807) is 5.48 Å². The number of hydrogen-bond acceptors (Lipinski definition) is 3. The second-order valence-corrected chi connectivity index (χ2v) is 2.63. The predicted octanol–water partition coefficient (Wildman–Crippen LogP) is -1.02. The van der Waals surface area contributed by atoms with Crippen molar-refractivity contribution in [2.75, 3.05) is 19.6 Å². The molecular weight excluding hydrogens is 144 g/mol. The van der Waals surface area contributed by atoms with E-state index in [1.807, 2.05) is 0 Å². The molecule has 0 aromatic heterocycles. The van der Waals surface area contributed by atoms with E-state index in [1.165, 1.54) is 0 Å². The molecule has 0 spiro atoms. The van der Waals surface area contributed by atoms with Gasteiger partial charge in [-0.25, -0.2) is 10.5 Å². The average Bonchev–Trinajstić information content (AvgIpc) is 1.95. The van der Waals surface area contributed by atoms with Crippen molar-refractivity contribution in [2.45, 2.75) is 13.0 Å². The first-order valence-electron chi connectivity index (χ1n) is 3.72. The van der Waals surface area contributed by atoms with Gasteiger partial charge in [0, 0.05) is 13.1 Å². The van der Waals surface area contributed by atoms with Crippen LogP contribution in [0.1, 0.15) is 6.92 Å². The molecule has 0 aliphatic carbocycles. The standard InChI is InChI=1S/C6H14N4O/c1-2-10-3-5(4-10)8-6(7)9-11/h5,11H,2-4H2,1H3,(H3,7,8,9). The Labute approximate surface area is 65.9 Å². The number of rotatable bonds is 2. The molecule has 1 saturated heterocycles. The van der Waals surface area contributed by atoms with Crippen molar-refractivity contribution >= 4 is 5.96 Å². The first-order chi connectivity index (χ1) is 5.26. The fourth-order valence-electron chi connectivity index (χ4n) is 1.11. The van der Waals surface area contributed by atoms with Gasteiger partial charge in [-0.15, -0.1) is 0 Å². The van der Waals surface area contributed by atoms with Crippen molar-refractivity contribution in [3.05, 3.63) is 0 Å². The summed E-state index contributed by atoms with van der Waals surface area (Å²) in [7, 11) is 0. The average molecular weight is 158 g/mol. The first-order valence-corrected chi connectivity index (χ1v) is 3.72. The Balaban J connectivity index is 2.22. The Bertz CT molecular complexity index is 153. The van der Waals surface area contributed by atoms with Gasteiger partial charge in [0.1, 0.15) is 0 Å². The van der Waals surface area contributed by atoms with E-state index < -0.39 is 0 Å². The number of hydroxylamine groups is 1. The van der Waals surface area contributed by atoms with Crippen molar-refractivity contribution in [1.29, 1.82) is 0 Å². The minimum atomic E-state index is 0.103. The number of hydrogen-bond donors (Lipinski definition) is 3. The summed E-state index contributed by atoms with van der Waals surface area (Å²) < 4.78 is 0. The Morgan fingerprint density at radius 1 is 1.82 bits per heavy atom. The monoisotopic (exact) mass is 158 g/mol. The first kappa shape index (κ1) is 8.29. The van der Waals surface area contributed by atoms with Crippen molar-refractivity contribution in [3.63, 3.8) is 0 Å². The summed E-state index contributed by atoms with van der Waals surface area (Å²) in [6.07, 6.45) is 0. The molecule has 5 heteroatoms. The Morgan fingerprint density at radius 2 is 2.45 bits per heavy atom. The molecule has 1 fully saturated rings. The van der Waals surface area contributed by atoms with Crippen LogP contribution in [0, 0.1) is 0 Å². The largest absolute Gasteiger partial charge is 0.368 e. The molecule has 0 aromatic rings. The van der Waals surface area contributed by atoms with Crippen LogP contribution < -0.4 is 11.2 Å². The van der Waals surface area contributed by atoms with Crippen LogP contribution in [-0.2, 0) is 0 Å². The lowest BCUT2D eigenvalue weighted by Crippen LogP contribution is -2.50. The highest BCUT2D eigenvalue weighted by atomic mass is 16.5. The van der Waals surface area contributed by atoms with E-state index in [0.29, 0.717) is 0 Å². The predicted molar refractivity (Wildman–Crippen MR) is 42.4 cm³/mol. The van der Waals surface area contributed by atoms with Crippen LogP contribution in [0.5, 0.6) is 0 Å². The van der Waals surface area contributed by atoms with E-state index in [0.717, 1.165) is 19.6 Å². The van der Waals surface area contributed by atoms with Crippen LogP contribution in [-0.4, -0.2) is 41.7 Å². The molecule has 0 atom stereocenters. The van der Waals surface area contributed by atoms with E-state index in [-0.39, 0.29) is 12.0 Å². The number of likely N-dealkylation sites (N-methyl/N-ethyl adjacent to an activating group) is 1. The van der Waals surface area contributed by atoms with Crippen molar-refractivity contribution in [1.82, 2.24) is 10.4 Å². The maximum absolute atomic E-state index is 8.31. The van der Waals surface area contributed by atoms with Crippen molar-refractivity contribution in [2.24, 2.45) is 10.7 Å². The highest BCUT2D eigenvalue weighted by Crippen LogP contribution is 2.09. The molecule has 64 valence electrons. The quantitative estimate of drug-likeness (QED) is 0.273. The number of nitrogens with two attached hydrogens (primary N) is 1. The Hall–Kier alpha value is -0.810. The minimum Gasteiger partial charge on any atom is -0.368 e. The van der Waals surface area contributed by atoms with Crippen LogP contribution in [0.25, 0.3) is 0 Å². The lowest BCUT2D eigenvalue weighted by atomic mass is 10.1. The number of nitrogens with one attached hydrogen (secondary N) is 1. The topological polar surface area (TPSA) is 73.9 Å². The number of nitrogens with zero attached hydrogens (tertiary/aromatic N) is 2. The molecule has 11 heavy (non-hydrogen) atoms. The van der Waals surface area contributed by atoms with Gasteiger partial charge in [0.05, 0.1) is 6.04 Å². The Morgan fingerprint density at radius 3 is 2.91 bits per heavy atom. The number of aliphatic imine (C=N–C) groups is 1. The van der Waals surface area contributed by atoms with E-state index >= 15 is 0 Å². The molecule has 0 amide bonds. The fourth-order valence-corrected chi connectivity index (χ4v) is 1.11. The minimum absolute atomic E-state index is 0.103. The molecule has 5 nitrogen and oxygen atoms in total. The van der Waals surface area contributed by atoms with Crippen molar-refractivity contribution in [3.8, 4) is 0 Å². The summed E-state index contributed by atoms with van der Waals surface area (Å²) in [5.74, 6) is 0.103. The third kappa shape index (κ3) is 2.06. The number of likely N-dealkylation sites (tertiary alicyclic amines) is 1. The van der Waals surface area contributed by atoms with E-state index in [2.05, 4.69) is 16.8 Å². The maximum Gasteiger partial charge on any atom is 0.213 e. The molecule has 1 rings (SSSR count). The van der Waals surface area contributed by atoms with Gasteiger partial charge in [0.2, 0.25) is 5.96 Å². The lowest BCUT2D eigenvalue weighted by Gasteiger charge is -2.35. The fraction of sp³-hybridized carbons (Fsp3) is 0.833. The summed E-state index contributed by atoms with van der Waals surface area (Å²) in [5, 5.41) is 8.31. The molecule has 1 heterocycles. The molecule has 1 aliphatic rings. The third-order valence-electron chi connectivity index (χ3n) is 1.82. The Kier molecular flexibility index (Phi) is 2.67. The summed E-state index contributed by atoms with van der Waals surface area (Å²) in [4.78, 5) is 6.24. The maximum atomic E-state index is 8.31. The van der Waals surface area contributed by atoms with Crippen LogP contribution >= 0.6 is 0 Å². The molecule has 0 radical (unpaired) electrons. The number of guanidine groups is 1. The summed E-state index contributed by atoms with van der Waals surface area (Å²) >= 11 is 0. The molecular formula is C6H14N4O. The molecule has 0 unspecified atom stereocenters. The van der Waals surface area contributed by atoms with Gasteiger partial charge < -0.3 is 5.73 Å². The van der Waals surface area contributed by atoms with Crippen LogP contribution in [0.2, 0.25) is 0 Å². The molecule has 0 bridgehead atoms.